The number of anilines is 2. The molecule has 104 valence electrons. The molecule has 1 aromatic rings. The number of hydrogen-bond acceptors (Lipinski definition) is 5. The van der Waals surface area contributed by atoms with Gasteiger partial charge in [-0.15, -0.1) is 0 Å². The molecule has 1 saturated heterocycles. The molecule has 0 spiro atoms. The lowest BCUT2D eigenvalue weighted by molar-refractivity contribution is -0.119. The molecule has 0 bridgehead atoms. The Hall–Kier alpha value is -1.80. The second-order valence-corrected chi connectivity index (χ2v) is 6.16. The van der Waals surface area contributed by atoms with Crippen molar-refractivity contribution in [1.82, 2.24) is 10.0 Å². The number of nitrogens with two attached hydrogens (primary N) is 1. The van der Waals surface area contributed by atoms with Crippen LogP contribution in [0, 0.1) is 0 Å². The van der Waals surface area contributed by atoms with Gasteiger partial charge in [-0.05, 0) is 25.2 Å². The van der Waals surface area contributed by atoms with Crippen LogP contribution in [0.2, 0.25) is 0 Å². The standard InChI is InChI=1S/C11H16N4O3S/c1-13-19(17,18)10-3-2-7(4-9(10)12)15-8-5-11(16)14-6-8/h2-4,8,13,15H,5-6,12H2,1H3,(H,14,16). The number of carbonyl (C=O) groups excluding carboxylic acids is 1. The summed E-state index contributed by atoms with van der Waals surface area (Å²) in [6, 6.07) is 4.61. The van der Waals surface area contributed by atoms with E-state index in [4.69, 9.17) is 5.73 Å². The van der Waals surface area contributed by atoms with Gasteiger partial charge in [0.2, 0.25) is 15.9 Å². The Bertz CT molecular complexity index is 600. The van der Waals surface area contributed by atoms with Crippen molar-refractivity contribution in [2.45, 2.75) is 17.4 Å². The average Bonchev–Trinajstić information content (AvgIpc) is 2.74. The van der Waals surface area contributed by atoms with Crippen LogP contribution in [0.15, 0.2) is 23.1 Å². The van der Waals surface area contributed by atoms with Gasteiger partial charge in [0.05, 0.1) is 11.7 Å². The second kappa shape index (κ2) is 5.06. The summed E-state index contributed by atoms with van der Waals surface area (Å²) >= 11 is 0. The number of benzene rings is 1. The molecule has 2 rings (SSSR count). The first kappa shape index (κ1) is 13.6. The summed E-state index contributed by atoms with van der Waals surface area (Å²) < 4.78 is 25.5. The molecule has 1 aliphatic rings. The molecule has 1 aromatic carbocycles. The highest BCUT2D eigenvalue weighted by atomic mass is 32.2. The molecule has 19 heavy (non-hydrogen) atoms. The maximum Gasteiger partial charge on any atom is 0.242 e. The fourth-order valence-corrected chi connectivity index (χ4v) is 2.77. The summed E-state index contributed by atoms with van der Waals surface area (Å²) in [5.74, 6) is -0.000136. The quantitative estimate of drug-likeness (QED) is 0.555. The number of hydrogen-bond donors (Lipinski definition) is 4. The zero-order valence-electron chi connectivity index (χ0n) is 10.4. The van der Waals surface area contributed by atoms with Crippen molar-refractivity contribution < 1.29 is 13.2 Å². The Labute approximate surface area is 111 Å². The molecule has 0 saturated carbocycles. The molecule has 1 unspecified atom stereocenters. The Balaban J connectivity index is 2.17. The summed E-state index contributed by atoms with van der Waals surface area (Å²) in [4.78, 5) is 11.1. The molecule has 5 N–H and O–H groups in total. The van der Waals surface area contributed by atoms with Crippen LogP contribution in [0.25, 0.3) is 0 Å². The first-order valence-electron chi connectivity index (χ1n) is 5.78. The van der Waals surface area contributed by atoms with Gasteiger partial charge in [-0.25, -0.2) is 13.1 Å². The van der Waals surface area contributed by atoms with Crippen LogP contribution in [0.5, 0.6) is 0 Å². The van der Waals surface area contributed by atoms with E-state index in [-0.39, 0.29) is 22.5 Å². The van der Waals surface area contributed by atoms with Crippen LogP contribution in [0.4, 0.5) is 11.4 Å². The van der Waals surface area contributed by atoms with E-state index < -0.39 is 10.0 Å². The van der Waals surface area contributed by atoms with Gasteiger partial charge in [0.1, 0.15) is 4.90 Å². The number of amides is 1. The summed E-state index contributed by atoms with van der Waals surface area (Å²) in [6.45, 7) is 0.551. The third-order valence-corrected chi connectivity index (χ3v) is 4.40. The van der Waals surface area contributed by atoms with Crippen LogP contribution in [-0.2, 0) is 14.8 Å². The Morgan fingerprint density at radius 1 is 1.42 bits per heavy atom. The molecule has 1 fully saturated rings. The highest BCUT2D eigenvalue weighted by Gasteiger charge is 2.21. The van der Waals surface area contributed by atoms with Crippen LogP contribution < -0.4 is 21.1 Å². The number of nitrogen functional groups attached to an aromatic ring is 1. The van der Waals surface area contributed by atoms with Gasteiger partial charge in [0, 0.05) is 18.7 Å². The predicted molar refractivity (Wildman–Crippen MR) is 72.1 cm³/mol. The lowest BCUT2D eigenvalue weighted by Gasteiger charge is -2.14. The second-order valence-electron chi connectivity index (χ2n) is 4.31. The minimum atomic E-state index is -3.55. The lowest BCUT2D eigenvalue weighted by Crippen LogP contribution is -2.23. The largest absolute Gasteiger partial charge is 0.398 e. The van der Waals surface area contributed by atoms with Crippen LogP contribution >= 0.6 is 0 Å². The van der Waals surface area contributed by atoms with E-state index in [2.05, 4.69) is 15.4 Å². The van der Waals surface area contributed by atoms with E-state index in [0.717, 1.165) is 0 Å². The molecule has 0 aromatic heterocycles. The summed E-state index contributed by atoms with van der Waals surface area (Å²) in [7, 11) is -2.22. The minimum Gasteiger partial charge on any atom is -0.398 e. The third-order valence-electron chi connectivity index (χ3n) is 2.92. The van der Waals surface area contributed by atoms with Crippen molar-refractivity contribution in [3.8, 4) is 0 Å². The van der Waals surface area contributed by atoms with Crippen molar-refractivity contribution in [2.75, 3.05) is 24.6 Å². The minimum absolute atomic E-state index is 0.000136. The van der Waals surface area contributed by atoms with Crippen LogP contribution in [-0.4, -0.2) is 34.0 Å². The van der Waals surface area contributed by atoms with Gasteiger partial charge in [-0.1, -0.05) is 0 Å². The van der Waals surface area contributed by atoms with Crippen molar-refractivity contribution in [3.05, 3.63) is 18.2 Å². The third kappa shape index (κ3) is 2.96. The van der Waals surface area contributed by atoms with E-state index in [1.807, 2.05) is 0 Å². The number of carbonyl (C=O) groups is 1. The molecular formula is C11H16N4O3S. The summed E-state index contributed by atoms with van der Waals surface area (Å²) in [6.07, 6.45) is 0.399. The topological polar surface area (TPSA) is 113 Å². The van der Waals surface area contributed by atoms with E-state index in [1.54, 1.807) is 12.1 Å². The molecule has 1 aliphatic heterocycles. The molecular weight excluding hydrogens is 268 g/mol. The van der Waals surface area contributed by atoms with Gasteiger partial charge in [-0.2, -0.15) is 0 Å². The first-order valence-corrected chi connectivity index (χ1v) is 7.27. The highest BCUT2D eigenvalue weighted by Crippen LogP contribution is 2.23. The van der Waals surface area contributed by atoms with Gasteiger partial charge >= 0.3 is 0 Å². The smallest absolute Gasteiger partial charge is 0.242 e. The lowest BCUT2D eigenvalue weighted by atomic mass is 10.2. The number of sulfonamides is 1. The molecule has 7 nitrogen and oxygen atoms in total. The molecule has 8 heteroatoms. The SMILES string of the molecule is CNS(=O)(=O)c1ccc(NC2CNC(=O)C2)cc1N. The van der Waals surface area contributed by atoms with Gasteiger partial charge < -0.3 is 16.4 Å². The summed E-state index contributed by atoms with van der Waals surface area (Å²) in [5.41, 5.74) is 6.60. The van der Waals surface area contributed by atoms with Gasteiger partial charge in [-0.3, -0.25) is 4.79 Å². The highest BCUT2D eigenvalue weighted by molar-refractivity contribution is 7.89. The van der Waals surface area contributed by atoms with Gasteiger partial charge in [0.25, 0.3) is 0 Å². The normalized spacial score (nSPS) is 19.2. The van der Waals surface area contributed by atoms with E-state index in [1.165, 1.54) is 13.1 Å². The fraction of sp³-hybridized carbons (Fsp3) is 0.364. The zero-order valence-corrected chi connectivity index (χ0v) is 11.3. The molecule has 0 aliphatic carbocycles. The van der Waals surface area contributed by atoms with Crippen molar-refractivity contribution in [3.63, 3.8) is 0 Å². The molecule has 1 amide bonds. The number of rotatable bonds is 4. The maximum absolute atomic E-state index is 11.7. The van der Waals surface area contributed by atoms with E-state index >= 15 is 0 Å². The fourth-order valence-electron chi connectivity index (χ4n) is 1.94. The first-order chi connectivity index (χ1) is 8.92. The molecule has 0 radical (unpaired) electrons. The Morgan fingerprint density at radius 3 is 2.68 bits per heavy atom. The zero-order chi connectivity index (χ0) is 14.0. The molecule has 1 heterocycles. The van der Waals surface area contributed by atoms with E-state index in [9.17, 15) is 13.2 Å². The predicted octanol–water partition coefficient (Wildman–Crippen LogP) is -0.523. The Morgan fingerprint density at radius 2 is 2.16 bits per heavy atom. The van der Waals surface area contributed by atoms with Gasteiger partial charge in [0.15, 0.2) is 0 Å². The van der Waals surface area contributed by atoms with E-state index in [0.29, 0.717) is 18.7 Å². The molecule has 1 atom stereocenters. The number of nitrogens with one attached hydrogen (secondary N) is 3. The van der Waals surface area contributed by atoms with Crippen molar-refractivity contribution in [1.29, 1.82) is 0 Å². The van der Waals surface area contributed by atoms with Crippen LogP contribution in [0.3, 0.4) is 0 Å². The monoisotopic (exact) mass is 284 g/mol. The average molecular weight is 284 g/mol. The maximum atomic E-state index is 11.7. The Kier molecular flexibility index (Phi) is 3.63. The van der Waals surface area contributed by atoms with Crippen molar-refractivity contribution in [2.24, 2.45) is 0 Å². The van der Waals surface area contributed by atoms with Crippen molar-refractivity contribution >= 4 is 27.3 Å². The summed E-state index contributed by atoms with van der Waals surface area (Å²) in [5, 5.41) is 5.84. The van der Waals surface area contributed by atoms with Crippen LogP contribution in [0.1, 0.15) is 6.42 Å².